The van der Waals surface area contributed by atoms with Crippen molar-refractivity contribution in [2.24, 2.45) is 0 Å². The molecule has 0 bridgehead atoms. The van der Waals surface area contributed by atoms with Crippen LogP contribution in [0.1, 0.15) is 5.56 Å². The second kappa shape index (κ2) is 5.84. The van der Waals surface area contributed by atoms with Crippen LogP contribution >= 0.6 is 23.2 Å². The number of hydrogen-bond acceptors (Lipinski definition) is 4. The van der Waals surface area contributed by atoms with E-state index in [1.807, 2.05) is 4.90 Å². The van der Waals surface area contributed by atoms with Crippen molar-refractivity contribution in [1.82, 2.24) is 15.2 Å². The number of nitrogens with zero attached hydrogens (tertiary/aromatic N) is 2. The van der Waals surface area contributed by atoms with Gasteiger partial charge in [-0.25, -0.2) is 4.98 Å². The van der Waals surface area contributed by atoms with Crippen molar-refractivity contribution in [2.45, 2.75) is 12.6 Å². The minimum atomic E-state index is -0.833. The fourth-order valence-corrected chi connectivity index (χ4v) is 2.38. The Labute approximate surface area is 115 Å². The normalized spacial score (nSPS) is 20.9. The lowest BCUT2D eigenvalue weighted by Crippen LogP contribution is -2.54. The highest BCUT2D eigenvalue weighted by Gasteiger charge is 2.28. The highest BCUT2D eigenvalue weighted by atomic mass is 35.5. The maximum absolute atomic E-state index is 11.1. The molecule has 0 spiro atoms. The first-order valence-corrected chi connectivity index (χ1v) is 6.31. The van der Waals surface area contributed by atoms with Crippen molar-refractivity contribution < 1.29 is 9.90 Å². The summed E-state index contributed by atoms with van der Waals surface area (Å²) in [5.74, 6) is -0.833. The highest BCUT2D eigenvalue weighted by Crippen LogP contribution is 2.21. The third-order valence-corrected chi connectivity index (χ3v) is 3.47. The highest BCUT2D eigenvalue weighted by molar-refractivity contribution is 6.34. The predicted molar refractivity (Wildman–Crippen MR) is 69.0 cm³/mol. The number of nitrogens with one attached hydrogen (secondary N) is 1. The number of aromatic nitrogens is 1. The maximum Gasteiger partial charge on any atom is 0.322 e. The first-order chi connectivity index (χ1) is 8.58. The molecule has 7 heteroatoms. The Bertz CT molecular complexity index is 456. The number of aliphatic carboxylic acids is 1. The van der Waals surface area contributed by atoms with Gasteiger partial charge in [-0.2, -0.15) is 0 Å². The molecule has 1 atom stereocenters. The fraction of sp³-hybridized carbons (Fsp3) is 0.455. The summed E-state index contributed by atoms with van der Waals surface area (Å²) >= 11 is 11.8. The second-order valence-corrected chi connectivity index (χ2v) is 4.92. The number of rotatable bonds is 3. The van der Waals surface area contributed by atoms with E-state index in [2.05, 4.69) is 10.3 Å². The van der Waals surface area contributed by atoms with Gasteiger partial charge in [0.25, 0.3) is 0 Å². The number of carboxylic acids is 1. The Kier molecular flexibility index (Phi) is 4.40. The molecule has 1 aliphatic heterocycles. The lowest BCUT2D eigenvalue weighted by Gasteiger charge is -2.33. The van der Waals surface area contributed by atoms with Crippen LogP contribution in [0.4, 0.5) is 0 Å². The average molecular weight is 290 g/mol. The summed E-state index contributed by atoms with van der Waals surface area (Å²) in [6.45, 7) is 2.33. The third-order valence-electron chi connectivity index (χ3n) is 2.91. The van der Waals surface area contributed by atoms with E-state index >= 15 is 0 Å². The van der Waals surface area contributed by atoms with Crippen LogP contribution in [0.2, 0.25) is 10.2 Å². The number of halogens is 2. The van der Waals surface area contributed by atoms with Crippen LogP contribution in [0.3, 0.4) is 0 Å². The molecule has 0 aromatic carbocycles. The van der Waals surface area contributed by atoms with Crippen LogP contribution in [0.5, 0.6) is 0 Å². The van der Waals surface area contributed by atoms with Crippen molar-refractivity contribution in [3.8, 4) is 0 Å². The maximum atomic E-state index is 11.1. The monoisotopic (exact) mass is 289 g/mol. The molecule has 0 amide bonds. The molecule has 2 heterocycles. The minimum absolute atomic E-state index is 0.332. The summed E-state index contributed by atoms with van der Waals surface area (Å²) in [6.07, 6.45) is 1.59. The van der Waals surface area contributed by atoms with E-state index in [1.54, 1.807) is 12.3 Å². The summed E-state index contributed by atoms with van der Waals surface area (Å²) in [5, 5.41) is 13.1. The van der Waals surface area contributed by atoms with Gasteiger partial charge in [-0.15, -0.1) is 0 Å². The smallest absolute Gasteiger partial charge is 0.322 e. The van der Waals surface area contributed by atoms with Crippen molar-refractivity contribution in [3.05, 3.63) is 28.0 Å². The minimum Gasteiger partial charge on any atom is -0.480 e. The SMILES string of the molecule is O=C(O)C1CNCCN1Cc1cnc(Cl)cc1Cl. The van der Waals surface area contributed by atoms with Crippen molar-refractivity contribution in [2.75, 3.05) is 19.6 Å². The number of carboxylic acid groups (broad SMARTS) is 1. The van der Waals surface area contributed by atoms with Crippen LogP contribution in [0.15, 0.2) is 12.3 Å². The molecule has 1 fully saturated rings. The van der Waals surface area contributed by atoms with Crippen molar-refractivity contribution in [1.29, 1.82) is 0 Å². The lowest BCUT2D eigenvalue weighted by molar-refractivity contribution is -0.144. The molecule has 2 rings (SSSR count). The summed E-state index contributed by atoms with van der Waals surface area (Å²) in [6, 6.07) is 1.03. The molecule has 1 aromatic rings. The van der Waals surface area contributed by atoms with E-state index in [0.29, 0.717) is 29.8 Å². The standard InChI is InChI=1S/C11H13Cl2N3O2/c12-8-3-10(13)15-4-7(8)6-16-2-1-14-5-9(16)11(17)18/h3-4,9,14H,1-2,5-6H2,(H,17,18). The van der Waals surface area contributed by atoms with Gasteiger partial charge in [-0.1, -0.05) is 23.2 Å². The van der Waals surface area contributed by atoms with E-state index < -0.39 is 12.0 Å². The molecular weight excluding hydrogens is 277 g/mol. The number of pyridine rings is 1. The Morgan fingerprint density at radius 1 is 1.61 bits per heavy atom. The second-order valence-electron chi connectivity index (χ2n) is 4.13. The Balaban J connectivity index is 2.13. The van der Waals surface area contributed by atoms with Gasteiger partial charge >= 0.3 is 5.97 Å². The van der Waals surface area contributed by atoms with Gasteiger partial charge in [-0.05, 0) is 6.07 Å². The van der Waals surface area contributed by atoms with Gasteiger partial charge in [0, 0.05) is 43.0 Å². The molecule has 1 saturated heterocycles. The molecule has 98 valence electrons. The van der Waals surface area contributed by atoms with Crippen molar-refractivity contribution >= 4 is 29.2 Å². The van der Waals surface area contributed by atoms with E-state index in [9.17, 15) is 4.79 Å². The molecule has 0 aliphatic carbocycles. The van der Waals surface area contributed by atoms with E-state index in [0.717, 1.165) is 12.1 Å². The fourth-order valence-electron chi connectivity index (χ4n) is 1.95. The molecule has 1 unspecified atom stereocenters. The first kappa shape index (κ1) is 13.5. The molecule has 2 N–H and O–H groups in total. The Morgan fingerprint density at radius 3 is 3.06 bits per heavy atom. The van der Waals surface area contributed by atoms with Gasteiger partial charge in [0.1, 0.15) is 11.2 Å². The van der Waals surface area contributed by atoms with Crippen LogP contribution in [-0.2, 0) is 11.3 Å². The molecule has 1 aromatic heterocycles. The third kappa shape index (κ3) is 3.11. The van der Waals surface area contributed by atoms with Gasteiger partial charge in [0.2, 0.25) is 0 Å². The largest absolute Gasteiger partial charge is 0.480 e. The van der Waals surface area contributed by atoms with E-state index in [-0.39, 0.29) is 0 Å². The molecule has 1 aliphatic rings. The van der Waals surface area contributed by atoms with Gasteiger partial charge in [-0.3, -0.25) is 9.69 Å². The van der Waals surface area contributed by atoms with Gasteiger partial charge in [0.05, 0.1) is 0 Å². The quantitative estimate of drug-likeness (QED) is 0.820. The zero-order valence-electron chi connectivity index (χ0n) is 9.57. The average Bonchev–Trinajstić information content (AvgIpc) is 2.33. The number of hydrogen-bond donors (Lipinski definition) is 2. The lowest BCUT2D eigenvalue weighted by atomic mass is 10.1. The zero-order chi connectivity index (χ0) is 13.1. The molecule has 5 nitrogen and oxygen atoms in total. The van der Waals surface area contributed by atoms with Gasteiger partial charge in [0.15, 0.2) is 0 Å². The first-order valence-electron chi connectivity index (χ1n) is 5.55. The zero-order valence-corrected chi connectivity index (χ0v) is 11.1. The number of piperazine rings is 1. The van der Waals surface area contributed by atoms with Gasteiger partial charge < -0.3 is 10.4 Å². The summed E-state index contributed by atoms with van der Waals surface area (Å²) in [7, 11) is 0. The molecule has 0 saturated carbocycles. The Morgan fingerprint density at radius 2 is 2.39 bits per heavy atom. The Hall–Kier alpha value is -0.880. The van der Waals surface area contributed by atoms with Crippen molar-refractivity contribution in [3.63, 3.8) is 0 Å². The molecule has 18 heavy (non-hydrogen) atoms. The number of carbonyl (C=O) groups is 1. The van der Waals surface area contributed by atoms with E-state index in [1.165, 1.54) is 0 Å². The molecule has 0 radical (unpaired) electrons. The van der Waals surface area contributed by atoms with Crippen LogP contribution in [0, 0.1) is 0 Å². The van der Waals surface area contributed by atoms with E-state index in [4.69, 9.17) is 28.3 Å². The summed E-state index contributed by atoms with van der Waals surface area (Å²) in [4.78, 5) is 17.0. The topological polar surface area (TPSA) is 65.5 Å². The molecular formula is C11H13Cl2N3O2. The summed E-state index contributed by atoms with van der Waals surface area (Å²) in [5.41, 5.74) is 0.786. The predicted octanol–water partition coefficient (Wildman–Crippen LogP) is 1.25. The van der Waals surface area contributed by atoms with Crippen LogP contribution in [-0.4, -0.2) is 46.6 Å². The summed E-state index contributed by atoms with van der Waals surface area (Å²) < 4.78 is 0. The van der Waals surface area contributed by atoms with Crippen LogP contribution < -0.4 is 5.32 Å². The van der Waals surface area contributed by atoms with Crippen LogP contribution in [0.25, 0.3) is 0 Å².